The van der Waals surface area contributed by atoms with Gasteiger partial charge < -0.3 is 9.64 Å². The van der Waals surface area contributed by atoms with E-state index in [-0.39, 0.29) is 5.91 Å². The van der Waals surface area contributed by atoms with Crippen LogP contribution in [0.25, 0.3) is 15.9 Å². The molecule has 0 N–H and O–H groups in total. The molecule has 1 aliphatic rings. The molecule has 1 aliphatic heterocycles. The van der Waals surface area contributed by atoms with Gasteiger partial charge in [0.15, 0.2) is 9.50 Å². The number of rotatable bonds is 7. The summed E-state index contributed by atoms with van der Waals surface area (Å²) >= 11 is 4.76. The second kappa shape index (κ2) is 10.0. The van der Waals surface area contributed by atoms with Crippen molar-refractivity contribution < 1.29 is 9.53 Å². The van der Waals surface area contributed by atoms with E-state index in [0.717, 1.165) is 26.5 Å². The molecule has 32 heavy (non-hydrogen) atoms. The van der Waals surface area contributed by atoms with Crippen LogP contribution in [0.3, 0.4) is 0 Å². The zero-order valence-corrected chi connectivity index (χ0v) is 19.7. The Morgan fingerprint density at radius 3 is 2.59 bits per heavy atom. The number of para-hydroxylation sites is 2. The number of amides is 1. The lowest BCUT2D eigenvalue weighted by molar-refractivity contribution is -0.132. The zero-order chi connectivity index (χ0) is 21.8. The molecular weight excluding hydrogens is 462 g/mol. The third-order valence-electron chi connectivity index (χ3n) is 5.00. The number of fused-ring (bicyclic) bond motifs is 1. The second-order valence-corrected chi connectivity index (χ2v) is 10.3. The highest BCUT2D eigenvalue weighted by molar-refractivity contribution is 8.00. The van der Waals surface area contributed by atoms with Crippen LogP contribution in [0, 0.1) is 0 Å². The van der Waals surface area contributed by atoms with Crippen molar-refractivity contribution in [3.05, 3.63) is 60.4 Å². The van der Waals surface area contributed by atoms with Crippen LogP contribution in [0.2, 0.25) is 0 Å². The van der Waals surface area contributed by atoms with Crippen molar-refractivity contribution in [2.45, 2.75) is 15.2 Å². The number of benzene rings is 2. The Morgan fingerprint density at radius 2 is 1.78 bits per heavy atom. The zero-order valence-electron chi connectivity index (χ0n) is 17.2. The van der Waals surface area contributed by atoms with E-state index in [9.17, 15) is 4.79 Å². The maximum atomic E-state index is 12.6. The van der Waals surface area contributed by atoms with E-state index < -0.39 is 0 Å². The lowest BCUT2D eigenvalue weighted by atomic mass is 10.3. The van der Waals surface area contributed by atoms with Gasteiger partial charge in [-0.15, -0.1) is 21.5 Å². The normalized spacial score (nSPS) is 14.2. The van der Waals surface area contributed by atoms with E-state index in [2.05, 4.69) is 16.3 Å². The molecule has 7 nitrogen and oxygen atoms in total. The summed E-state index contributed by atoms with van der Waals surface area (Å²) in [5.74, 6) is 1.91. The summed E-state index contributed by atoms with van der Waals surface area (Å²) in [4.78, 5) is 19.2. The van der Waals surface area contributed by atoms with Gasteiger partial charge in [-0.3, -0.25) is 9.36 Å². The van der Waals surface area contributed by atoms with Gasteiger partial charge >= 0.3 is 0 Å². The Kier molecular flexibility index (Phi) is 6.72. The number of thioether (sulfide) groups is 2. The van der Waals surface area contributed by atoms with Crippen molar-refractivity contribution in [3.8, 4) is 5.69 Å². The standard InChI is InChI=1S/C22H21N5O2S3/c28-20(26-10-12-29-13-11-26)15-30-21-25-24-19(27(21)16-6-2-1-3-7-16)14-31-22-23-17-8-4-5-9-18(17)32-22/h1-9H,10-15H2. The van der Waals surface area contributed by atoms with Crippen molar-refractivity contribution in [2.75, 3.05) is 32.1 Å². The van der Waals surface area contributed by atoms with Crippen molar-refractivity contribution in [1.29, 1.82) is 0 Å². The Balaban J connectivity index is 1.34. The molecule has 2 aromatic heterocycles. The molecule has 0 bridgehead atoms. The lowest BCUT2D eigenvalue weighted by Crippen LogP contribution is -2.41. The van der Waals surface area contributed by atoms with E-state index in [0.29, 0.717) is 37.8 Å². The van der Waals surface area contributed by atoms with Gasteiger partial charge in [0.05, 0.1) is 34.9 Å². The summed E-state index contributed by atoms with van der Waals surface area (Å²) in [6.45, 7) is 2.50. The SMILES string of the molecule is O=C(CSc1nnc(CSc2nc3ccccc3s2)n1-c1ccccc1)N1CCOCC1. The van der Waals surface area contributed by atoms with Crippen molar-refractivity contribution in [1.82, 2.24) is 24.6 Å². The molecule has 2 aromatic carbocycles. The molecule has 5 rings (SSSR count). The largest absolute Gasteiger partial charge is 0.378 e. The van der Waals surface area contributed by atoms with Gasteiger partial charge in [-0.05, 0) is 24.3 Å². The first-order valence-electron chi connectivity index (χ1n) is 10.2. The van der Waals surface area contributed by atoms with Gasteiger partial charge in [0.1, 0.15) is 5.82 Å². The number of carbonyl (C=O) groups excluding carboxylic acids is 1. The molecule has 0 saturated carbocycles. The molecule has 0 spiro atoms. The molecule has 3 heterocycles. The molecule has 10 heteroatoms. The van der Waals surface area contributed by atoms with Crippen LogP contribution in [0.15, 0.2) is 64.1 Å². The van der Waals surface area contributed by atoms with Crippen LogP contribution in [0.1, 0.15) is 5.82 Å². The summed E-state index contributed by atoms with van der Waals surface area (Å²) in [5.41, 5.74) is 2.00. The van der Waals surface area contributed by atoms with E-state index in [1.165, 1.54) is 16.5 Å². The van der Waals surface area contributed by atoms with Crippen LogP contribution in [0.4, 0.5) is 0 Å². The maximum absolute atomic E-state index is 12.6. The molecule has 1 saturated heterocycles. The molecule has 1 amide bonds. The summed E-state index contributed by atoms with van der Waals surface area (Å²) in [6.07, 6.45) is 0. The van der Waals surface area contributed by atoms with Crippen LogP contribution >= 0.6 is 34.9 Å². The predicted octanol–water partition coefficient (Wildman–Crippen LogP) is 4.12. The Labute approximate surface area is 198 Å². The van der Waals surface area contributed by atoms with E-state index in [1.54, 1.807) is 23.1 Å². The van der Waals surface area contributed by atoms with E-state index in [1.807, 2.05) is 58.0 Å². The van der Waals surface area contributed by atoms with Gasteiger partial charge in [-0.1, -0.05) is 53.9 Å². The highest BCUT2D eigenvalue weighted by Crippen LogP contribution is 2.32. The lowest BCUT2D eigenvalue weighted by Gasteiger charge is -2.26. The Bertz CT molecular complexity index is 1170. The summed E-state index contributed by atoms with van der Waals surface area (Å²) in [7, 11) is 0. The fourth-order valence-electron chi connectivity index (χ4n) is 3.39. The number of morpholine rings is 1. The smallest absolute Gasteiger partial charge is 0.233 e. The van der Waals surface area contributed by atoms with Gasteiger partial charge in [-0.2, -0.15) is 0 Å². The fourth-order valence-corrected chi connectivity index (χ4v) is 6.25. The predicted molar refractivity (Wildman–Crippen MR) is 129 cm³/mol. The maximum Gasteiger partial charge on any atom is 0.233 e. The van der Waals surface area contributed by atoms with Gasteiger partial charge in [-0.25, -0.2) is 4.98 Å². The third-order valence-corrected chi connectivity index (χ3v) is 8.09. The highest BCUT2D eigenvalue weighted by Gasteiger charge is 2.20. The quantitative estimate of drug-likeness (QED) is 0.366. The van der Waals surface area contributed by atoms with Crippen LogP contribution in [-0.4, -0.2) is 62.6 Å². The molecular formula is C22H21N5O2S3. The number of hydrogen-bond acceptors (Lipinski definition) is 8. The summed E-state index contributed by atoms with van der Waals surface area (Å²) in [6, 6.07) is 18.2. The number of ether oxygens (including phenoxy) is 1. The first kappa shape index (κ1) is 21.4. The van der Waals surface area contributed by atoms with Crippen molar-refractivity contribution in [2.24, 2.45) is 0 Å². The van der Waals surface area contributed by atoms with E-state index >= 15 is 0 Å². The fraction of sp³-hybridized carbons (Fsp3) is 0.273. The minimum Gasteiger partial charge on any atom is -0.378 e. The number of thiazole rings is 1. The monoisotopic (exact) mass is 483 g/mol. The van der Waals surface area contributed by atoms with Crippen molar-refractivity contribution >= 4 is 51.0 Å². The number of nitrogens with zero attached hydrogens (tertiary/aromatic N) is 5. The molecule has 0 radical (unpaired) electrons. The van der Waals surface area contributed by atoms with Crippen LogP contribution in [0.5, 0.6) is 0 Å². The number of aromatic nitrogens is 4. The summed E-state index contributed by atoms with van der Waals surface area (Å²) in [5, 5.41) is 9.59. The molecule has 164 valence electrons. The molecule has 0 atom stereocenters. The van der Waals surface area contributed by atoms with Gasteiger partial charge in [0.2, 0.25) is 5.91 Å². The van der Waals surface area contributed by atoms with Crippen LogP contribution in [-0.2, 0) is 15.3 Å². The van der Waals surface area contributed by atoms with Crippen molar-refractivity contribution in [3.63, 3.8) is 0 Å². The van der Waals surface area contributed by atoms with Crippen LogP contribution < -0.4 is 0 Å². The average Bonchev–Trinajstić information content (AvgIpc) is 3.45. The van der Waals surface area contributed by atoms with E-state index in [4.69, 9.17) is 9.72 Å². The Morgan fingerprint density at radius 1 is 1.00 bits per heavy atom. The third kappa shape index (κ3) is 4.83. The topological polar surface area (TPSA) is 73.1 Å². The molecule has 0 unspecified atom stereocenters. The highest BCUT2D eigenvalue weighted by atomic mass is 32.2. The number of carbonyl (C=O) groups is 1. The first-order valence-corrected chi connectivity index (χ1v) is 13.0. The van der Waals surface area contributed by atoms with Gasteiger partial charge in [0.25, 0.3) is 0 Å². The molecule has 0 aliphatic carbocycles. The Hall–Kier alpha value is -2.40. The first-order chi connectivity index (χ1) is 15.8. The minimum atomic E-state index is 0.103. The average molecular weight is 484 g/mol. The molecule has 1 fully saturated rings. The number of hydrogen-bond donors (Lipinski definition) is 0. The summed E-state index contributed by atoms with van der Waals surface area (Å²) < 4.78 is 9.56. The molecule has 4 aromatic rings. The minimum absolute atomic E-state index is 0.103. The second-order valence-electron chi connectivity index (χ2n) is 7.09. The van der Waals surface area contributed by atoms with Gasteiger partial charge in [0, 0.05) is 18.8 Å².